The van der Waals surface area contributed by atoms with Crippen LogP contribution in [0.15, 0.2) is 18.2 Å². The summed E-state index contributed by atoms with van der Waals surface area (Å²) in [5.74, 6) is 0.833. The van der Waals surface area contributed by atoms with E-state index in [0.717, 1.165) is 19.5 Å². The van der Waals surface area contributed by atoms with E-state index in [1.54, 1.807) is 25.3 Å². The zero-order chi connectivity index (χ0) is 11.5. The molecule has 1 heterocycles. The largest absolute Gasteiger partial charge is 0.497 e. The summed E-state index contributed by atoms with van der Waals surface area (Å²) in [4.78, 5) is 12.2. The summed E-state index contributed by atoms with van der Waals surface area (Å²) in [5.41, 5.74) is 6.92. The fraction of sp³-hybridized carbons (Fsp3) is 0.417. The van der Waals surface area contributed by atoms with Gasteiger partial charge in [-0.3, -0.25) is 4.79 Å². The summed E-state index contributed by atoms with van der Waals surface area (Å²) < 4.78 is 5.10. The third-order valence-electron chi connectivity index (χ3n) is 2.96. The molecule has 16 heavy (non-hydrogen) atoms. The molecule has 2 rings (SSSR count). The molecule has 0 spiro atoms. The molecule has 0 aliphatic carbocycles. The van der Waals surface area contributed by atoms with Gasteiger partial charge in [0.2, 0.25) is 0 Å². The second kappa shape index (κ2) is 4.53. The second-order valence-corrected chi connectivity index (χ2v) is 4.01. The topological polar surface area (TPSA) is 64.3 Å². The highest BCUT2D eigenvalue weighted by atomic mass is 16.5. The number of ketones is 1. The van der Waals surface area contributed by atoms with E-state index in [1.165, 1.54) is 0 Å². The van der Waals surface area contributed by atoms with Crippen LogP contribution in [0.4, 0.5) is 5.69 Å². The molecule has 0 bridgehead atoms. The smallest absolute Gasteiger partial charge is 0.169 e. The minimum absolute atomic E-state index is 0.0504. The Hall–Kier alpha value is -1.55. The van der Waals surface area contributed by atoms with Crippen LogP contribution in [0.1, 0.15) is 16.8 Å². The molecule has 1 aliphatic heterocycles. The third kappa shape index (κ3) is 2.02. The lowest BCUT2D eigenvalue weighted by Crippen LogP contribution is -2.19. The Labute approximate surface area is 94.8 Å². The molecule has 1 atom stereocenters. The van der Waals surface area contributed by atoms with Gasteiger partial charge in [-0.1, -0.05) is 0 Å². The number of anilines is 1. The quantitative estimate of drug-likeness (QED) is 0.590. The van der Waals surface area contributed by atoms with Crippen molar-refractivity contribution in [2.24, 2.45) is 5.92 Å². The van der Waals surface area contributed by atoms with E-state index in [1.807, 2.05) is 0 Å². The zero-order valence-electron chi connectivity index (χ0n) is 9.32. The molecular formula is C12H16N2O2. The van der Waals surface area contributed by atoms with Crippen LogP contribution in [0.25, 0.3) is 0 Å². The number of hydrogen-bond acceptors (Lipinski definition) is 4. The maximum Gasteiger partial charge on any atom is 0.169 e. The number of rotatable bonds is 3. The number of benzene rings is 1. The van der Waals surface area contributed by atoms with Crippen LogP contribution >= 0.6 is 0 Å². The molecule has 0 amide bonds. The molecule has 3 N–H and O–H groups in total. The molecule has 4 heteroatoms. The molecule has 1 fully saturated rings. The van der Waals surface area contributed by atoms with E-state index in [0.29, 0.717) is 17.0 Å². The summed E-state index contributed by atoms with van der Waals surface area (Å²) in [6, 6.07) is 5.20. The molecule has 1 aliphatic rings. The van der Waals surface area contributed by atoms with Gasteiger partial charge < -0.3 is 15.8 Å². The molecule has 1 unspecified atom stereocenters. The normalized spacial score (nSPS) is 19.7. The Bertz CT molecular complexity index is 398. The van der Waals surface area contributed by atoms with E-state index in [-0.39, 0.29) is 11.7 Å². The first-order chi connectivity index (χ1) is 7.72. The van der Waals surface area contributed by atoms with E-state index in [4.69, 9.17) is 10.5 Å². The fourth-order valence-corrected chi connectivity index (χ4v) is 1.97. The Morgan fingerprint density at radius 3 is 3.00 bits per heavy atom. The third-order valence-corrected chi connectivity index (χ3v) is 2.96. The fourth-order valence-electron chi connectivity index (χ4n) is 1.97. The van der Waals surface area contributed by atoms with Crippen molar-refractivity contribution in [1.82, 2.24) is 5.32 Å². The van der Waals surface area contributed by atoms with Crippen molar-refractivity contribution >= 4 is 11.5 Å². The Kier molecular flexibility index (Phi) is 3.10. The molecule has 86 valence electrons. The van der Waals surface area contributed by atoms with Crippen LogP contribution in [0.3, 0.4) is 0 Å². The van der Waals surface area contributed by atoms with Gasteiger partial charge in [0.25, 0.3) is 0 Å². The van der Waals surface area contributed by atoms with E-state index < -0.39 is 0 Å². The molecule has 1 aromatic carbocycles. The minimum Gasteiger partial charge on any atom is -0.497 e. The first-order valence-corrected chi connectivity index (χ1v) is 5.41. The SMILES string of the molecule is COc1ccc(N)c(C(=O)C2CCNC2)c1. The van der Waals surface area contributed by atoms with Crippen LogP contribution in [0.5, 0.6) is 5.75 Å². The lowest BCUT2D eigenvalue weighted by Gasteiger charge is -2.11. The van der Waals surface area contributed by atoms with Gasteiger partial charge in [0, 0.05) is 23.7 Å². The number of nitrogen functional groups attached to an aromatic ring is 1. The van der Waals surface area contributed by atoms with Gasteiger partial charge in [0.15, 0.2) is 5.78 Å². The van der Waals surface area contributed by atoms with Gasteiger partial charge in [-0.25, -0.2) is 0 Å². The van der Waals surface area contributed by atoms with Crippen LogP contribution in [0.2, 0.25) is 0 Å². The molecule has 0 aromatic heterocycles. The Morgan fingerprint density at radius 2 is 2.38 bits per heavy atom. The van der Waals surface area contributed by atoms with Crippen molar-refractivity contribution in [2.75, 3.05) is 25.9 Å². The first kappa shape index (κ1) is 11.0. The van der Waals surface area contributed by atoms with Crippen molar-refractivity contribution < 1.29 is 9.53 Å². The lowest BCUT2D eigenvalue weighted by atomic mass is 9.95. The number of nitrogens with two attached hydrogens (primary N) is 1. The standard InChI is InChI=1S/C12H16N2O2/c1-16-9-2-3-11(13)10(6-9)12(15)8-4-5-14-7-8/h2-3,6,8,14H,4-5,7,13H2,1H3. The van der Waals surface area contributed by atoms with Gasteiger partial charge in [0.05, 0.1) is 7.11 Å². The highest BCUT2D eigenvalue weighted by molar-refractivity contribution is 6.02. The van der Waals surface area contributed by atoms with Gasteiger partial charge in [0.1, 0.15) is 5.75 Å². The average molecular weight is 220 g/mol. The highest BCUT2D eigenvalue weighted by Gasteiger charge is 2.25. The molecular weight excluding hydrogens is 204 g/mol. The van der Waals surface area contributed by atoms with Crippen molar-refractivity contribution in [3.8, 4) is 5.75 Å². The highest BCUT2D eigenvalue weighted by Crippen LogP contribution is 2.24. The van der Waals surface area contributed by atoms with Gasteiger partial charge in [-0.15, -0.1) is 0 Å². The predicted molar refractivity (Wildman–Crippen MR) is 62.7 cm³/mol. The van der Waals surface area contributed by atoms with Crippen molar-refractivity contribution in [3.63, 3.8) is 0 Å². The van der Waals surface area contributed by atoms with E-state index in [9.17, 15) is 4.79 Å². The molecule has 0 radical (unpaired) electrons. The summed E-state index contributed by atoms with van der Waals surface area (Å²) in [7, 11) is 1.58. The molecule has 0 saturated carbocycles. The van der Waals surface area contributed by atoms with E-state index >= 15 is 0 Å². The van der Waals surface area contributed by atoms with Gasteiger partial charge in [-0.05, 0) is 31.2 Å². The second-order valence-electron chi connectivity index (χ2n) is 4.01. The number of carbonyl (C=O) groups is 1. The van der Waals surface area contributed by atoms with Gasteiger partial charge in [-0.2, -0.15) is 0 Å². The number of Topliss-reactive ketones (excluding diaryl/α,β-unsaturated/α-hetero) is 1. The zero-order valence-corrected chi connectivity index (χ0v) is 9.32. The summed E-state index contributed by atoms with van der Waals surface area (Å²) in [5, 5.41) is 3.18. The van der Waals surface area contributed by atoms with Crippen molar-refractivity contribution in [2.45, 2.75) is 6.42 Å². The summed E-state index contributed by atoms with van der Waals surface area (Å²) in [6.07, 6.45) is 0.884. The van der Waals surface area contributed by atoms with Crippen molar-refractivity contribution in [3.05, 3.63) is 23.8 Å². The van der Waals surface area contributed by atoms with E-state index in [2.05, 4.69) is 5.32 Å². The number of nitrogens with one attached hydrogen (secondary N) is 1. The summed E-state index contributed by atoms with van der Waals surface area (Å²) in [6.45, 7) is 1.65. The van der Waals surface area contributed by atoms with Crippen LogP contribution in [0, 0.1) is 5.92 Å². The number of hydrogen-bond donors (Lipinski definition) is 2. The number of carbonyl (C=O) groups excluding carboxylic acids is 1. The molecule has 1 aromatic rings. The van der Waals surface area contributed by atoms with Gasteiger partial charge >= 0.3 is 0 Å². The number of methoxy groups -OCH3 is 1. The molecule has 1 saturated heterocycles. The maximum atomic E-state index is 12.2. The van der Waals surface area contributed by atoms with Crippen molar-refractivity contribution in [1.29, 1.82) is 0 Å². The van der Waals surface area contributed by atoms with Crippen LogP contribution in [-0.4, -0.2) is 26.0 Å². The first-order valence-electron chi connectivity index (χ1n) is 5.41. The number of ether oxygens (including phenoxy) is 1. The maximum absolute atomic E-state index is 12.2. The Morgan fingerprint density at radius 1 is 1.56 bits per heavy atom. The Balaban J connectivity index is 2.27. The summed E-state index contributed by atoms with van der Waals surface area (Å²) >= 11 is 0. The minimum atomic E-state index is 0.0504. The monoisotopic (exact) mass is 220 g/mol. The van der Waals surface area contributed by atoms with Crippen LogP contribution in [-0.2, 0) is 0 Å². The average Bonchev–Trinajstić information content (AvgIpc) is 2.82. The molecule has 4 nitrogen and oxygen atoms in total. The van der Waals surface area contributed by atoms with Crippen LogP contribution < -0.4 is 15.8 Å². The predicted octanol–water partition coefficient (Wildman–Crippen LogP) is 1.07. The lowest BCUT2D eigenvalue weighted by molar-refractivity contribution is 0.0931.